The van der Waals surface area contributed by atoms with E-state index in [1.165, 1.54) is 11.3 Å². The van der Waals surface area contributed by atoms with Crippen LogP contribution in [0.1, 0.15) is 24.1 Å². The molecule has 4 nitrogen and oxygen atoms in total. The summed E-state index contributed by atoms with van der Waals surface area (Å²) in [5, 5.41) is 3.27. The molecule has 0 bridgehead atoms. The topological polar surface area (TPSA) is 58.2 Å². The van der Waals surface area contributed by atoms with Crippen molar-refractivity contribution in [2.24, 2.45) is 0 Å². The molecule has 1 aliphatic rings. The minimum Gasteiger partial charge on any atom is -0.317 e. The first-order chi connectivity index (χ1) is 8.08. The minimum absolute atomic E-state index is 0.0670. The van der Waals surface area contributed by atoms with Crippen LogP contribution in [-0.4, -0.2) is 27.5 Å². The van der Waals surface area contributed by atoms with Gasteiger partial charge in [-0.05, 0) is 51.4 Å². The van der Waals surface area contributed by atoms with Gasteiger partial charge in [0.15, 0.2) is 0 Å². The summed E-state index contributed by atoms with van der Waals surface area (Å²) >= 11 is 1.32. The summed E-state index contributed by atoms with van der Waals surface area (Å²) in [5.74, 6) is 0. The van der Waals surface area contributed by atoms with Crippen LogP contribution in [0.5, 0.6) is 0 Å². The molecule has 0 aromatic carbocycles. The smallest absolute Gasteiger partial charge is 0.250 e. The van der Waals surface area contributed by atoms with Crippen molar-refractivity contribution in [2.75, 3.05) is 13.1 Å². The predicted octanol–water partition coefficient (Wildman–Crippen LogP) is 1.48. The van der Waals surface area contributed by atoms with Gasteiger partial charge >= 0.3 is 0 Å². The zero-order chi connectivity index (χ0) is 12.3. The van der Waals surface area contributed by atoms with Crippen molar-refractivity contribution >= 4 is 21.4 Å². The maximum Gasteiger partial charge on any atom is 0.250 e. The Kier molecular flexibility index (Phi) is 4.19. The highest BCUT2D eigenvalue weighted by atomic mass is 32.2. The highest BCUT2D eigenvalue weighted by Gasteiger charge is 2.22. The van der Waals surface area contributed by atoms with Gasteiger partial charge in [0, 0.05) is 10.9 Å². The van der Waals surface area contributed by atoms with E-state index in [0.29, 0.717) is 4.21 Å². The molecule has 1 aromatic heterocycles. The lowest BCUT2D eigenvalue weighted by Crippen LogP contribution is -2.35. The molecule has 1 unspecified atom stereocenters. The van der Waals surface area contributed by atoms with E-state index in [4.69, 9.17) is 0 Å². The molecule has 0 amide bonds. The summed E-state index contributed by atoms with van der Waals surface area (Å²) in [6, 6.07) is 3.59. The SMILES string of the molecule is Cc1ccc(S(=O)(=O)NC2CCCNCC2)s1. The van der Waals surface area contributed by atoms with Crippen molar-refractivity contribution in [1.29, 1.82) is 0 Å². The van der Waals surface area contributed by atoms with Gasteiger partial charge in [0.2, 0.25) is 10.0 Å². The maximum absolute atomic E-state index is 12.1. The predicted molar refractivity (Wildman–Crippen MR) is 69.9 cm³/mol. The van der Waals surface area contributed by atoms with Crippen molar-refractivity contribution in [1.82, 2.24) is 10.0 Å². The molecule has 0 spiro atoms. The average Bonchev–Trinajstić information content (AvgIpc) is 2.55. The second-order valence-corrected chi connectivity index (χ2v) is 7.59. The van der Waals surface area contributed by atoms with E-state index in [2.05, 4.69) is 10.0 Å². The monoisotopic (exact) mass is 274 g/mol. The Bertz CT molecular complexity index is 460. The van der Waals surface area contributed by atoms with E-state index in [1.807, 2.05) is 13.0 Å². The summed E-state index contributed by atoms with van der Waals surface area (Å²) in [6.07, 6.45) is 2.80. The molecular formula is C11H18N2O2S2. The van der Waals surface area contributed by atoms with E-state index < -0.39 is 10.0 Å². The van der Waals surface area contributed by atoms with Gasteiger partial charge in [-0.1, -0.05) is 0 Å². The number of thiophene rings is 1. The van der Waals surface area contributed by atoms with Crippen LogP contribution in [0, 0.1) is 6.92 Å². The zero-order valence-electron chi connectivity index (χ0n) is 9.90. The summed E-state index contributed by atoms with van der Waals surface area (Å²) in [4.78, 5) is 1.02. The lowest BCUT2D eigenvalue weighted by atomic mass is 10.1. The van der Waals surface area contributed by atoms with E-state index in [0.717, 1.165) is 37.2 Å². The lowest BCUT2D eigenvalue weighted by molar-refractivity contribution is 0.519. The van der Waals surface area contributed by atoms with Gasteiger partial charge in [0.25, 0.3) is 0 Å². The van der Waals surface area contributed by atoms with E-state index in [-0.39, 0.29) is 6.04 Å². The summed E-state index contributed by atoms with van der Waals surface area (Å²) in [7, 11) is -3.31. The Morgan fingerprint density at radius 3 is 2.88 bits per heavy atom. The van der Waals surface area contributed by atoms with Crippen LogP contribution >= 0.6 is 11.3 Å². The Labute approximate surface area is 106 Å². The van der Waals surface area contributed by atoms with Crippen molar-refractivity contribution < 1.29 is 8.42 Å². The Morgan fingerprint density at radius 2 is 2.18 bits per heavy atom. The van der Waals surface area contributed by atoms with E-state index in [1.54, 1.807) is 6.07 Å². The number of nitrogens with one attached hydrogen (secondary N) is 2. The number of sulfonamides is 1. The fourth-order valence-electron chi connectivity index (χ4n) is 1.97. The molecule has 0 aliphatic carbocycles. The molecular weight excluding hydrogens is 256 g/mol. The standard InChI is InChI=1S/C11H18N2O2S2/c1-9-4-5-11(16-9)17(14,15)13-10-3-2-7-12-8-6-10/h4-5,10,12-13H,2-3,6-8H2,1H3. The van der Waals surface area contributed by atoms with Crippen LogP contribution in [0.25, 0.3) is 0 Å². The van der Waals surface area contributed by atoms with Crippen molar-refractivity contribution in [3.8, 4) is 0 Å². The lowest BCUT2D eigenvalue weighted by Gasteiger charge is -2.15. The Morgan fingerprint density at radius 1 is 1.35 bits per heavy atom. The van der Waals surface area contributed by atoms with Gasteiger partial charge in [-0.25, -0.2) is 13.1 Å². The molecule has 2 N–H and O–H groups in total. The third-order valence-electron chi connectivity index (χ3n) is 2.88. The van der Waals surface area contributed by atoms with Gasteiger partial charge in [0.05, 0.1) is 0 Å². The number of hydrogen-bond acceptors (Lipinski definition) is 4. The van der Waals surface area contributed by atoms with Crippen molar-refractivity contribution in [3.05, 3.63) is 17.0 Å². The van der Waals surface area contributed by atoms with E-state index >= 15 is 0 Å². The molecule has 6 heteroatoms. The molecule has 0 saturated carbocycles. The summed E-state index contributed by atoms with van der Waals surface area (Å²) < 4.78 is 27.4. The highest BCUT2D eigenvalue weighted by molar-refractivity contribution is 7.91. The Balaban J connectivity index is 2.06. The molecule has 1 aliphatic heterocycles. The molecule has 2 rings (SSSR count). The largest absolute Gasteiger partial charge is 0.317 e. The molecule has 17 heavy (non-hydrogen) atoms. The molecule has 0 radical (unpaired) electrons. The number of aryl methyl sites for hydroxylation is 1. The number of hydrogen-bond donors (Lipinski definition) is 2. The normalized spacial score (nSPS) is 22.3. The molecule has 96 valence electrons. The first-order valence-electron chi connectivity index (χ1n) is 5.87. The van der Waals surface area contributed by atoms with Crippen molar-refractivity contribution in [2.45, 2.75) is 36.4 Å². The molecule has 2 heterocycles. The quantitative estimate of drug-likeness (QED) is 0.877. The fourth-order valence-corrected chi connectivity index (χ4v) is 4.58. The van der Waals surface area contributed by atoms with Gasteiger partial charge in [-0.2, -0.15) is 0 Å². The van der Waals surface area contributed by atoms with Gasteiger partial charge < -0.3 is 5.32 Å². The zero-order valence-corrected chi connectivity index (χ0v) is 11.5. The molecule has 1 aromatic rings. The highest BCUT2D eigenvalue weighted by Crippen LogP contribution is 2.21. The van der Waals surface area contributed by atoms with Crippen LogP contribution in [0.2, 0.25) is 0 Å². The minimum atomic E-state index is -3.31. The average molecular weight is 274 g/mol. The van der Waals surface area contributed by atoms with Crippen LogP contribution in [-0.2, 0) is 10.0 Å². The Hall–Kier alpha value is -0.430. The number of rotatable bonds is 3. The van der Waals surface area contributed by atoms with Gasteiger partial charge in [-0.3, -0.25) is 0 Å². The summed E-state index contributed by atoms with van der Waals surface area (Å²) in [5.41, 5.74) is 0. The first-order valence-corrected chi connectivity index (χ1v) is 8.17. The second kappa shape index (κ2) is 5.48. The van der Waals surface area contributed by atoms with E-state index in [9.17, 15) is 8.42 Å². The van der Waals surface area contributed by atoms with Gasteiger partial charge in [-0.15, -0.1) is 11.3 Å². The molecule has 1 atom stereocenters. The molecule has 1 fully saturated rings. The third-order valence-corrected chi connectivity index (χ3v) is 5.89. The molecule has 1 saturated heterocycles. The van der Waals surface area contributed by atoms with Crippen molar-refractivity contribution in [3.63, 3.8) is 0 Å². The first kappa shape index (κ1) is 13.0. The van der Waals surface area contributed by atoms with Crippen LogP contribution < -0.4 is 10.0 Å². The summed E-state index contributed by atoms with van der Waals surface area (Å²) in [6.45, 7) is 3.78. The van der Waals surface area contributed by atoms with Crippen LogP contribution in [0.3, 0.4) is 0 Å². The maximum atomic E-state index is 12.1. The van der Waals surface area contributed by atoms with Crippen LogP contribution in [0.15, 0.2) is 16.3 Å². The van der Waals surface area contributed by atoms with Gasteiger partial charge in [0.1, 0.15) is 4.21 Å². The van der Waals surface area contributed by atoms with Crippen LogP contribution in [0.4, 0.5) is 0 Å². The fraction of sp³-hybridized carbons (Fsp3) is 0.636. The third kappa shape index (κ3) is 3.51. The second-order valence-electron chi connectivity index (χ2n) is 4.36.